The first-order chi connectivity index (χ1) is 8.72. The molecule has 0 fully saturated rings. The van der Waals surface area contributed by atoms with Crippen LogP contribution in [0.5, 0.6) is 0 Å². The molecule has 0 amide bonds. The van der Waals surface area contributed by atoms with Crippen LogP contribution in [0.4, 0.5) is 4.39 Å². The van der Waals surface area contributed by atoms with Crippen LogP contribution < -0.4 is 5.32 Å². The van der Waals surface area contributed by atoms with Gasteiger partial charge in [0.2, 0.25) is 0 Å². The van der Waals surface area contributed by atoms with Gasteiger partial charge in [-0.25, -0.2) is 4.39 Å². The predicted molar refractivity (Wildman–Crippen MR) is 80.9 cm³/mol. The van der Waals surface area contributed by atoms with Gasteiger partial charge in [0.25, 0.3) is 0 Å². The first-order valence-electron chi connectivity index (χ1n) is 5.48. The Morgan fingerprint density at radius 1 is 1.39 bits per heavy atom. The molecular weight excluding hydrogens is 333 g/mol. The molecule has 1 aromatic heterocycles. The normalized spacial score (nSPS) is 12.6. The molecule has 0 aliphatic heterocycles. The molecule has 1 N–H and O–H groups in total. The van der Waals surface area contributed by atoms with Crippen molar-refractivity contribution in [2.24, 2.45) is 0 Å². The summed E-state index contributed by atoms with van der Waals surface area (Å²) < 4.78 is 14.6. The summed E-state index contributed by atoms with van der Waals surface area (Å²) in [5, 5.41) is 7.45. The van der Waals surface area contributed by atoms with Gasteiger partial charge in [0.15, 0.2) is 0 Å². The van der Waals surface area contributed by atoms with Crippen LogP contribution in [0.3, 0.4) is 0 Å². The van der Waals surface area contributed by atoms with Gasteiger partial charge in [-0.3, -0.25) is 0 Å². The van der Waals surface area contributed by atoms with Crippen molar-refractivity contribution < 1.29 is 4.39 Å². The zero-order valence-corrected chi connectivity index (χ0v) is 13.0. The van der Waals surface area contributed by atoms with Crippen molar-refractivity contribution in [3.63, 3.8) is 0 Å². The Kier molecular flexibility index (Phi) is 5.24. The maximum absolute atomic E-state index is 13.5. The predicted octanol–water partition coefficient (Wildman–Crippen LogP) is 4.70. The van der Waals surface area contributed by atoms with Crippen molar-refractivity contribution in [2.45, 2.75) is 10.9 Å². The number of rotatable bonds is 5. The monoisotopic (exact) mass is 345 g/mol. The van der Waals surface area contributed by atoms with E-state index in [0.717, 1.165) is 10.2 Å². The third-order valence-corrected chi connectivity index (χ3v) is 5.50. The number of hydrogen-bond donors (Lipinski definition) is 1. The van der Waals surface area contributed by atoms with E-state index in [4.69, 9.17) is 0 Å². The van der Waals surface area contributed by atoms with Gasteiger partial charge in [-0.05, 0) is 46.1 Å². The van der Waals surface area contributed by atoms with E-state index in [9.17, 15) is 4.39 Å². The fourth-order valence-corrected chi connectivity index (χ4v) is 4.30. The van der Waals surface area contributed by atoms with E-state index in [1.807, 2.05) is 19.2 Å². The highest BCUT2D eigenvalue weighted by molar-refractivity contribution is 9.10. The van der Waals surface area contributed by atoms with Gasteiger partial charge in [0.05, 0.1) is 0 Å². The summed E-state index contributed by atoms with van der Waals surface area (Å²) in [6.45, 7) is 0. The smallest absolute Gasteiger partial charge is 0.136 e. The average Bonchev–Trinajstić information content (AvgIpc) is 2.79. The minimum Gasteiger partial charge on any atom is -0.312 e. The molecular formula is C13H13BrFNS2. The van der Waals surface area contributed by atoms with E-state index in [1.165, 1.54) is 23.4 Å². The molecule has 1 atom stereocenters. The topological polar surface area (TPSA) is 12.0 Å². The van der Waals surface area contributed by atoms with E-state index in [1.54, 1.807) is 17.4 Å². The second-order valence-corrected chi connectivity index (χ2v) is 6.42. The molecule has 0 radical (unpaired) electrons. The minimum absolute atomic E-state index is 0.151. The molecule has 0 aliphatic rings. The molecule has 0 spiro atoms. The van der Waals surface area contributed by atoms with Crippen LogP contribution >= 0.6 is 39.0 Å². The summed E-state index contributed by atoms with van der Waals surface area (Å²) in [6, 6.07) is 7.10. The van der Waals surface area contributed by atoms with Crippen LogP contribution in [-0.2, 0) is 0 Å². The van der Waals surface area contributed by atoms with Crippen LogP contribution in [0.2, 0.25) is 0 Å². The fourth-order valence-electron chi connectivity index (χ4n) is 1.60. The van der Waals surface area contributed by atoms with Crippen LogP contribution in [-0.4, -0.2) is 12.8 Å². The lowest BCUT2D eigenvalue weighted by Crippen LogP contribution is -2.18. The average molecular weight is 346 g/mol. The van der Waals surface area contributed by atoms with E-state index >= 15 is 0 Å². The van der Waals surface area contributed by atoms with E-state index < -0.39 is 0 Å². The SMILES string of the molecule is CNC(CSc1ccccc1F)c1cscc1Br. The molecule has 1 heterocycles. The van der Waals surface area contributed by atoms with Crippen LogP contribution in [0.25, 0.3) is 0 Å². The zero-order chi connectivity index (χ0) is 13.0. The van der Waals surface area contributed by atoms with E-state index in [0.29, 0.717) is 4.90 Å². The Bertz CT molecular complexity index is 515. The highest BCUT2D eigenvalue weighted by atomic mass is 79.9. The lowest BCUT2D eigenvalue weighted by molar-refractivity contribution is 0.601. The Hall–Kier alpha value is -0.360. The third kappa shape index (κ3) is 3.35. The quantitative estimate of drug-likeness (QED) is 0.788. The maximum atomic E-state index is 13.5. The molecule has 0 aliphatic carbocycles. The highest BCUT2D eigenvalue weighted by Gasteiger charge is 2.14. The second kappa shape index (κ2) is 6.70. The number of hydrogen-bond acceptors (Lipinski definition) is 3. The lowest BCUT2D eigenvalue weighted by Gasteiger charge is -2.15. The summed E-state index contributed by atoms with van der Waals surface area (Å²) in [5.74, 6) is 0.647. The first kappa shape index (κ1) is 14.1. The van der Waals surface area contributed by atoms with Crippen molar-refractivity contribution in [1.82, 2.24) is 5.32 Å². The summed E-state index contributed by atoms with van der Waals surface area (Å²) in [4.78, 5) is 0.698. The third-order valence-electron chi connectivity index (χ3n) is 2.61. The Labute approximate surface area is 123 Å². The molecule has 96 valence electrons. The maximum Gasteiger partial charge on any atom is 0.136 e. The van der Waals surface area contributed by atoms with Gasteiger partial charge in [-0.15, -0.1) is 11.8 Å². The molecule has 1 nitrogen and oxygen atoms in total. The number of nitrogens with one attached hydrogen (secondary N) is 1. The van der Waals surface area contributed by atoms with Crippen molar-refractivity contribution in [3.05, 3.63) is 50.9 Å². The molecule has 2 aromatic rings. The summed E-state index contributed by atoms with van der Waals surface area (Å²) in [5.41, 5.74) is 1.23. The number of thiophene rings is 1. The Morgan fingerprint density at radius 3 is 2.78 bits per heavy atom. The first-order valence-corrected chi connectivity index (χ1v) is 8.20. The molecule has 18 heavy (non-hydrogen) atoms. The molecule has 0 bridgehead atoms. The summed E-state index contributed by atoms with van der Waals surface area (Å²) in [7, 11) is 1.93. The van der Waals surface area contributed by atoms with E-state index in [-0.39, 0.29) is 11.9 Å². The minimum atomic E-state index is -0.151. The van der Waals surface area contributed by atoms with Crippen LogP contribution in [0, 0.1) is 5.82 Å². The number of halogens is 2. The highest BCUT2D eigenvalue weighted by Crippen LogP contribution is 2.32. The van der Waals surface area contributed by atoms with Gasteiger partial charge in [-0.2, -0.15) is 11.3 Å². The molecule has 1 aromatic carbocycles. The van der Waals surface area contributed by atoms with Gasteiger partial charge >= 0.3 is 0 Å². The standard InChI is InChI=1S/C13H13BrFNS2/c1-16-12(9-6-17-7-10(9)14)8-18-13-5-3-2-4-11(13)15/h2-7,12,16H,8H2,1H3. The van der Waals surface area contributed by atoms with Gasteiger partial charge in [0.1, 0.15) is 5.82 Å². The molecule has 5 heteroatoms. The van der Waals surface area contributed by atoms with Crippen molar-refractivity contribution >= 4 is 39.0 Å². The van der Waals surface area contributed by atoms with Crippen molar-refractivity contribution in [3.8, 4) is 0 Å². The molecule has 2 rings (SSSR count). The Balaban J connectivity index is 2.05. The molecule has 1 unspecified atom stereocenters. The van der Waals surface area contributed by atoms with Crippen LogP contribution in [0.15, 0.2) is 44.4 Å². The number of thioether (sulfide) groups is 1. The van der Waals surface area contributed by atoms with E-state index in [2.05, 4.69) is 32.0 Å². The lowest BCUT2D eigenvalue weighted by atomic mass is 10.2. The second-order valence-electron chi connectivity index (χ2n) is 3.76. The van der Waals surface area contributed by atoms with Gasteiger partial charge in [-0.1, -0.05) is 12.1 Å². The van der Waals surface area contributed by atoms with Crippen LogP contribution in [0.1, 0.15) is 11.6 Å². The fraction of sp³-hybridized carbons (Fsp3) is 0.231. The largest absolute Gasteiger partial charge is 0.312 e. The van der Waals surface area contributed by atoms with Gasteiger partial charge in [0, 0.05) is 26.5 Å². The van der Waals surface area contributed by atoms with Crippen molar-refractivity contribution in [1.29, 1.82) is 0 Å². The van der Waals surface area contributed by atoms with Gasteiger partial charge < -0.3 is 5.32 Å². The number of benzene rings is 1. The molecule has 0 saturated heterocycles. The molecule has 0 saturated carbocycles. The Morgan fingerprint density at radius 2 is 2.17 bits per heavy atom. The van der Waals surface area contributed by atoms with Crippen molar-refractivity contribution in [2.75, 3.05) is 12.8 Å². The summed E-state index contributed by atoms with van der Waals surface area (Å²) in [6.07, 6.45) is 0. The summed E-state index contributed by atoms with van der Waals surface area (Å²) >= 11 is 6.73. The zero-order valence-electron chi connectivity index (χ0n) is 9.82.